The quantitative estimate of drug-likeness (QED) is 0.184. The Morgan fingerprint density at radius 1 is 1.09 bits per heavy atom. The lowest BCUT2D eigenvalue weighted by Gasteiger charge is -2.34. The van der Waals surface area contributed by atoms with Crippen LogP contribution in [0.2, 0.25) is 0 Å². The van der Waals surface area contributed by atoms with Gasteiger partial charge in [-0.2, -0.15) is 0 Å². The third-order valence-electron chi connectivity index (χ3n) is 5.30. The monoisotopic (exact) mass is 568 g/mol. The van der Waals surface area contributed by atoms with Crippen molar-refractivity contribution in [3.63, 3.8) is 0 Å². The summed E-state index contributed by atoms with van der Waals surface area (Å²) in [5.41, 5.74) is 2.22. The van der Waals surface area contributed by atoms with Gasteiger partial charge in [0.15, 0.2) is 5.96 Å². The van der Waals surface area contributed by atoms with Gasteiger partial charge < -0.3 is 24.8 Å². The molecule has 7 nitrogen and oxygen atoms in total. The van der Waals surface area contributed by atoms with E-state index in [2.05, 4.69) is 52.8 Å². The Bertz CT molecular complexity index is 816. The van der Waals surface area contributed by atoms with E-state index in [-0.39, 0.29) is 30.0 Å². The molecule has 0 aromatic heterocycles. The second-order valence-corrected chi connectivity index (χ2v) is 7.64. The SMILES string of the molecule is CCNC(=NCC(c1ccccc1)N1CCOCC1)Nc1cccc(OCCCOC)c1.I. The maximum atomic E-state index is 5.83. The van der Waals surface area contributed by atoms with E-state index in [9.17, 15) is 0 Å². The van der Waals surface area contributed by atoms with Crippen LogP contribution in [0.4, 0.5) is 5.69 Å². The molecule has 0 radical (unpaired) electrons. The second-order valence-electron chi connectivity index (χ2n) is 7.64. The number of benzene rings is 2. The van der Waals surface area contributed by atoms with E-state index in [0.717, 1.165) is 56.7 Å². The minimum atomic E-state index is 0. The maximum Gasteiger partial charge on any atom is 0.195 e. The van der Waals surface area contributed by atoms with Crippen LogP contribution in [0.5, 0.6) is 5.75 Å². The van der Waals surface area contributed by atoms with E-state index >= 15 is 0 Å². The lowest BCUT2D eigenvalue weighted by atomic mass is 10.1. The minimum absolute atomic E-state index is 0. The Kier molecular flexibility index (Phi) is 13.2. The normalized spacial score (nSPS) is 15.4. The summed E-state index contributed by atoms with van der Waals surface area (Å²) in [6.07, 6.45) is 0.862. The lowest BCUT2D eigenvalue weighted by Crippen LogP contribution is -2.40. The van der Waals surface area contributed by atoms with Gasteiger partial charge in [0.25, 0.3) is 0 Å². The van der Waals surface area contributed by atoms with E-state index in [4.69, 9.17) is 19.2 Å². The minimum Gasteiger partial charge on any atom is -0.493 e. The molecule has 1 fully saturated rings. The van der Waals surface area contributed by atoms with Gasteiger partial charge in [-0.1, -0.05) is 36.4 Å². The second kappa shape index (κ2) is 15.9. The fourth-order valence-electron chi connectivity index (χ4n) is 3.67. The van der Waals surface area contributed by atoms with Gasteiger partial charge in [-0.15, -0.1) is 24.0 Å². The van der Waals surface area contributed by atoms with Gasteiger partial charge in [-0.05, 0) is 24.6 Å². The third-order valence-corrected chi connectivity index (χ3v) is 5.30. The van der Waals surface area contributed by atoms with Crippen LogP contribution in [0.15, 0.2) is 59.6 Å². The van der Waals surface area contributed by atoms with Crippen LogP contribution < -0.4 is 15.4 Å². The average molecular weight is 569 g/mol. The van der Waals surface area contributed by atoms with Crippen molar-refractivity contribution in [1.29, 1.82) is 0 Å². The molecule has 3 rings (SSSR count). The van der Waals surface area contributed by atoms with Crippen LogP contribution in [-0.2, 0) is 9.47 Å². The summed E-state index contributed by atoms with van der Waals surface area (Å²) in [5.74, 6) is 1.59. The van der Waals surface area contributed by atoms with Gasteiger partial charge in [-0.3, -0.25) is 9.89 Å². The van der Waals surface area contributed by atoms with Crippen LogP contribution in [0, 0.1) is 0 Å². The van der Waals surface area contributed by atoms with Gasteiger partial charge in [0, 0.05) is 51.5 Å². The molecule has 1 aliphatic heterocycles. The first-order chi connectivity index (χ1) is 15.8. The molecule has 1 atom stereocenters. The first-order valence-electron chi connectivity index (χ1n) is 11.4. The van der Waals surface area contributed by atoms with Crippen LogP contribution in [0.3, 0.4) is 0 Å². The molecule has 1 aliphatic rings. The fourth-order valence-corrected chi connectivity index (χ4v) is 3.67. The molecule has 1 saturated heterocycles. The van der Waals surface area contributed by atoms with Crippen molar-refractivity contribution in [1.82, 2.24) is 10.2 Å². The molecule has 0 bridgehead atoms. The number of hydrogen-bond acceptors (Lipinski definition) is 5. The number of hydrogen-bond donors (Lipinski definition) is 2. The Hall–Kier alpha value is -1.88. The van der Waals surface area contributed by atoms with Gasteiger partial charge in [-0.25, -0.2) is 0 Å². The topological polar surface area (TPSA) is 67.4 Å². The highest BCUT2D eigenvalue weighted by molar-refractivity contribution is 14.0. The predicted molar refractivity (Wildman–Crippen MR) is 145 cm³/mol. The molecule has 33 heavy (non-hydrogen) atoms. The third kappa shape index (κ3) is 9.48. The first-order valence-corrected chi connectivity index (χ1v) is 11.4. The average Bonchev–Trinajstić information content (AvgIpc) is 2.84. The smallest absolute Gasteiger partial charge is 0.195 e. The number of anilines is 1. The number of morpholine rings is 1. The van der Waals surface area contributed by atoms with Gasteiger partial charge in [0.2, 0.25) is 0 Å². The van der Waals surface area contributed by atoms with Crippen LogP contribution >= 0.6 is 24.0 Å². The van der Waals surface area contributed by atoms with Crippen molar-refractivity contribution < 1.29 is 14.2 Å². The molecule has 1 unspecified atom stereocenters. The molecule has 182 valence electrons. The molecule has 2 N–H and O–H groups in total. The Morgan fingerprint density at radius 3 is 2.61 bits per heavy atom. The lowest BCUT2D eigenvalue weighted by molar-refractivity contribution is 0.0180. The number of halogens is 1. The summed E-state index contributed by atoms with van der Waals surface area (Å²) >= 11 is 0. The highest BCUT2D eigenvalue weighted by Crippen LogP contribution is 2.22. The Morgan fingerprint density at radius 2 is 1.88 bits per heavy atom. The van der Waals surface area contributed by atoms with E-state index in [1.165, 1.54) is 5.56 Å². The number of nitrogens with one attached hydrogen (secondary N) is 2. The molecule has 0 aliphatic carbocycles. The van der Waals surface area contributed by atoms with Crippen LogP contribution in [0.1, 0.15) is 24.9 Å². The summed E-state index contributed by atoms with van der Waals surface area (Å²) in [5, 5.41) is 6.78. The van der Waals surface area contributed by atoms with E-state index in [1.807, 2.05) is 24.3 Å². The zero-order valence-corrected chi connectivity index (χ0v) is 22.0. The Balaban J connectivity index is 0.00000385. The highest BCUT2D eigenvalue weighted by Gasteiger charge is 2.22. The predicted octanol–water partition coefficient (Wildman–Crippen LogP) is 4.17. The number of ether oxygens (including phenoxy) is 3. The standard InChI is InChI=1S/C25H36N4O3.HI/c1-3-26-25(28-22-11-7-12-23(19-22)32-16-8-15-30-2)27-20-24(21-9-5-4-6-10-21)29-13-17-31-18-14-29;/h4-7,9-12,19,24H,3,8,13-18,20H2,1-2H3,(H2,26,27,28);1H. The number of methoxy groups -OCH3 is 1. The largest absolute Gasteiger partial charge is 0.493 e. The molecular weight excluding hydrogens is 531 g/mol. The Labute approximate surface area is 214 Å². The van der Waals surface area contributed by atoms with E-state index in [0.29, 0.717) is 19.8 Å². The summed E-state index contributed by atoms with van der Waals surface area (Å²) in [7, 11) is 1.70. The van der Waals surface area contributed by atoms with Crippen molar-refractivity contribution >= 4 is 35.6 Å². The van der Waals surface area contributed by atoms with Crippen molar-refractivity contribution in [3.05, 3.63) is 60.2 Å². The zero-order chi connectivity index (χ0) is 22.4. The van der Waals surface area contributed by atoms with E-state index < -0.39 is 0 Å². The van der Waals surface area contributed by atoms with Crippen molar-refractivity contribution in [2.24, 2.45) is 4.99 Å². The summed E-state index contributed by atoms with van der Waals surface area (Å²) in [6, 6.07) is 18.8. The number of rotatable bonds is 11. The maximum absolute atomic E-state index is 5.83. The van der Waals surface area contributed by atoms with Gasteiger partial charge in [0.05, 0.1) is 32.4 Å². The van der Waals surface area contributed by atoms with Gasteiger partial charge >= 0.3 is 0 Å². The van der Waals surface area contributed by atoms with Crippen molar-refractivity contribution in [2.45, 2.75) is 19.4 Å². The molecule has 8 heteroatoms. The first kappa shape index (κ1) is 27.4. The molecule has 0 spiro atoms. The zero-order valence-electron chi connectivity index (χ0n) is 19.7. The van der Waals surface area contributed by atoms with Crippen molar-refractivity contribution in [3.8, 4) is 5.75 Å². The highest BCUT2D eigenvalue weighted by atomic mass is 127. The summed E-state index contributed by atoms with van der Waals surface area (Å²) in [6.45, 7) is 8.21. The summed E-state index contributed by atoms with van der Waals surface area (Å²) < 4.78 is 16.5. The molecule has 2 aromatic carbocycles. The molecule has 2 aromatic rings. The van der Waals surface area contributed by atoms with Crippen LogP contribution in [0.25, 0.3) is 0 Å². The van der Waals surface area contributed by atoms with Crippen molar-refractivity contribution in [2.75, 3.05) is 65.0 Å². The fraction of sp³-hybridized carbons (Fsp3) is 0.480. The molecule has 0 saturated carbocycles. The van der Waals surface area contributed by atoms with Crippen LogP contribution in [-0.4, -0.2) is 70.6 Å². The number of aliphatic imine (C=N–C) groups is 1. The number of nitrogens with zero attached hydrogens (tertiary/aromatic N) is 2. The van der Waals surface area contributed by atoms with Gasteiger partial charge in [0.1, 0.15) is 5.75 Å². The van der Waals surface area contributed by atoms with E-state index in [1.54, 1.807) is 7.11 Å². The molecule has 0 amide bonds. The molecule has 1 heterocycles. The molecular formula is C25H37IN4O3. The number of guanidine groups is 1. The summed E-state index contributed by atoms with van der Waals surface area (Å²) in [4.78, 5) is 7.39.